The van der Waals surface area contributed by atoms with Gasteiger partial charge in [0.05, 0.1) is 6.10 Å². The van der Waals surface area contributed by atoms with E-state index in [0.29, 0.717) is 10.9 Å². The summed E-state index contributed by atoms with van der Waals surface area (Å²) in [6.45, 7) is 2.12. The first-order valence-electron chi connectivity index (χ1n) is 7.60. The van der Waals surface area contributed by atoms with Crippen molar-refractivity contribution < 1.29 is 17.9 Å². The summed E-state index contributed by atoms with van der Waals surface area (Å²) in [5.74, 6) is 0.225. The molecule has 1 fully saturated rings. The highest BCUT2D eigenvalue weighted by atomic mass is 32.2. The van der Waals surface area contributed by atoms with Crippen LogP contribution < -0.4 is 5.32 Å². The van der Waals surface area contributed by atoms with Crippen LogP contribution in [0.4, 0.5) is 5.00 Å². The quantitative estimate of drug-likeness (QED) is 0.860. The van der Waals surface area contributed by atoms with Crippen LogP contribution in [0.25, 0.3) is 0 Å². The summed E-state index contributed by atoms with van der Waals surface area (Å²) < 4.78 is 29.0. The van der Waals surface area contributed by atoms with E-state index in [4.69, 9.17) is 4.74 Å². The third kappa shape index (κ3) is 4.54. The second-order valence-electron chi connectivity index (χ2n) is 5.74. The van der Waals surface area contributed by atoms with Gasteiger partial charge in [-0.15, -0.1) is 11.3 Å². The van der Waals surface area contributed by atoms with Gasteiger partial charge >= 0.3 is 0 Å². The number of anilines is 1. The zero-order valence-corrected chi connectivity index (χ0v) is 14.6. The van der Waals surface area contributed by atoms with E-state index in [2.05, 4.69) is 12.2 Å². The molecule has 1 aliphatic carbocycles. The average Bonchev–Trinajstić information content (AvgIpc) is 2.93. The van der Waals surface area contributed by atoms with Crippen molar-refractivity contribution in [3.8, 4) is 0 Å². The van der Waals surface area contributed by atoms with Gasteiger partial charge in [0.1, 0.15) is 16.5 Å². The van der Waals surface area contributed by atoms with Crippen LogP contribution in [-0.2, 0) is 19.4 Å². The lowest BCUT2D eigenvalue weighted by Crippen LogP contribution is -2.31. The molecule has 0 saturated heterocycles. The SMILES string of the molecule is CCC1CCCCC1OCC(=O)Nc1sccc1S(C)(=O)=O. The molecular weight excluding hydrogens is 322 g/mol. The molecule has 0 aliphatic heterocycles. The smallest absolute Gasteiger partial charge is 0.251 e. The standard InChI is InChI=1S/C15H23NO4S2/c1-3-11-6-4-5-7-12(11)20-10-14(17)16-15-13(8-9-21-15)22(2,18)19/h8-9,11-12H,3-7,10H2,1-2H3,(H,16,17). The van der Waals surface area contributed by atoms with Crippen molar-refractivity contribution in [1.29, 1.82) is 0 Å². The Kier molecular flexibility index (Phi) is 6.00. The van der Waals surface area contributed by atoms with Crippen molar-refractivity contribution in [2.75, 3.05) is 18.2 Å². The lowest BCUT2D eigenvalue weighted by molar-refractivity contribution is -0.124. The van der Waals surface area contributed by atoms with Gasteiger partial charge in [-0.1, -0.05) is 26.2 Å². The fourth-order valence-electron chi connectivity index (χ4n) is 2.89. The summed E-state index contributed by atoms with van der Waals surface area (Å²) in [6, 6.07) is 1.50. The molecule has 1 amide bonds. The van der Waals surface area contributed by atoms with Crippen LogP contribution >= 0.6 is 11.3 Å². The minimum atomic E-state index is -3.33. The lowest BCUT2D eigenvalue weighted by Gasteiger charge is -2.30. The van der Waals surface area contributed by atoms with E-state index in [1.165, 1.54) is 23.8 Å². The summed E-state index contributed by atoms with van der Waals surface area (Å²) in [5.41, 5.74) is 0. The van der Waals surface area contributed by atoms with Crippen molar-refractivity contribution in [1.82, 2.24) is 0 Å². The Morgan fingerprint density at radius 1 is 1.41 bits per heavy atom. The normalized spacial score (nSPS) is 22.5. The Labute approximate surface area is 136 Å². The Bertz CT molecular complexity index is 609. The van der Waals surface area contributed by atoms with Gasteiger partial charge < -0.3 is 10.1 Å². The maximum absolute atomic E-state index is 12.0. The van der Waals surface area contributed by atoms with E-state index in [0.717, 1.165) is 31.9 Å². The van der Waals surface area contributed by atoms with Gasteiger partial charge in [-0.3, -0.25) is 4.79 Å². The third-order valence-electron chi connectivity index (χ3n) is 4.07. The molecule has 1 aromatic rings. The largest absolute Gasteiger partial charge is 0.368 e. The number of hydrogen-bond acceptors (Lipinski definition) is 5. The number of amides is 1. The molecule has 2 atom stereocenters. The highest BCUT2D eigenvalue weighted by molar-refractivity contribution is 7.91. The van der Waals surface area contributed by atoms with Gasteiger partial charge in [-0.05, 0) is 30.2 Å². The lowest BCUT2D eigenvalue weighted by atomic mass is 9.85. The number of rotatable bonds is 6. The van der Waals surface area contributed by atoms with Crippen LogP contribution in [0.2, 0.25) is 0 Å². The molecule has 1 N–H and O–H groups in total. The van der Waals surface area contributed by atoms with Crippen LogP contribution in [0.5, 0.6) is 0 Å². The molecule has 1 saturated carbocycles. The average molecular weight is 345 g/mol. The maximum Gasteiger partial charge on any atom is 0.251 e. The Morgan fingerprint density at radius 2 is 2.14 bits per heavy atom. The monoisotopic (exact) mass is 345 g/mol. The number of carbonyl (C=O) groups is 1. The van der Waals surface area contributed by atoms with Gasteiger partial charge in [-0.2, -0.15) is 0 Å². The highest BCUT2D eigenvalue weighted by Crippen LogP contribution is 2.30. The molecule has 1 aromatic heterocycles. The van der Waals surface area contributed by atoms with Crippen molar-refractivity contribution in [3.05, 3.63) is 11.4 Å². The van der Waals surface area contributed by atoms with E-state index in [-0.39, 0.29) is 23.5 Å². The van der Waals surface area contributed by atoms with Crippen LogP contribution in [0, 0.1) is 5.92 Å². The van der Waals surface area contributed by atoms with Crippen molar-refractivity contribution in [2.45, 2.75) is 50.0 Å². The summed E-state index contributed by atoms with van der Waals surface area (Å²) >= 11 is 1.20. The zero-order valence-electron chi connectivity index (χ0n) is 13.0. The fraction of sp³-hybridized carbons (Fsp3) is 0.667. The number of carbonyl (C=O) groups excluding carboxylic acids is 1. The Morgan fingerprint density at radius 3 is 2.82 bits per heavy atom. The molecule has 1 heterocycles. The van der Waals surface area contributed by atoms with Gasteiger partial charge in [0, 0.05) is 6.26 Å². The first kappa shape index (κ1) is 17.4. The molecule has 0 spiro atoms. The predicted octanol–water partition coefficient (Wildman–Crippen LogP) is 3.08. The van der Waals surface area contributed by atoms with Gasteiger partial charge in [0.25, 0.3) is 5.91 Å². The van der Waals surface area contributed by atoms with Crippen molar-refractivity contribution in [2.24, 2.45) is 5.92 Å². The first-order chi connectivity index (χ1) is 10.4. The second kappa shape index (κ2) is 7.57. The molecule has 5 nitrogen and oxygen atoms in total. The second-order valence-corrected chi connectivity index (χ2v) is 8.64. The minimum absolute atomic E-state index is 0.0255. The highest BCUT2D eigenvalue weighted by Gasteiger charge is 2.25. The number of ether oxygens (including phenoxy) is 1. The zero-order chi connectivity index (χ0) is 16.2. The third-order valence-corrected chi connectivity index (χ3v) is 6.17. The Balaban J connectivity index is 1.90. The number of hydrogen-bond donors (Lipinski definition) is 1. The number of sulfone groups is 1. The number of thiophene rings is 1. The summed E-state index contributed by atoms with van der Waals surface area (Å²) in [5, 5.41) is 4.67. The molecular formula is C15H23NO4S2. The molecule has 2 rings (SSSR count). The van der Waals surface area contributed by atoms with Crippen LogP contribution in [0.15, 0.2) is 16.3 Å². The van der Waals surface area contributed by atoms with Crippen LogP contribution in [0.3, 0.4) is 0 Å². The van der Waals surface area contributed by atoms with Crippen LogP contribution in [-0.4, -0.2) is 33.3 Å². The molecule has 124 valence electrons. The Hall–Kier alpha value is -0.920. The molecule has 2 unspecified atom stereocenters. The minimum Gasteiger partial charge on any atom is -0.368 e. The van der Waals surface area contributed by atoms with Crippen molar-refractivity contribution >= 4 is 32.1 Å². The summed E-state index contributed by atoms with van der Waals surface area (Å²) in [6.07, 6.45) is 6.88. The van der Waals surface area contributed by atoms with E-state index in [9.17, 15) is 13.2 Å². The van der Waals surface area contributed by atoms with E-state index in [1.807, 2.05) is 0 Å². The van der Waals surface area contributed by atoms with Gasteiger partial charge in [0.15, 0.2) is 9.84 Å². The van der Waals surface area contributed by atoms with Gasteiger partial charge in [-0.25, -0.2) is 8.42 Å². The molecule has 0 radical (unpaired) electrons. The summed E-state index contributed by atoms with van der Waals surface area (Å²) in [4.78, 5) is 12.2. The molecule has 0 bridgehead atoms. The predicted molar refractivity (Wildman–Crippen MR) is 88.0 cm³/mol. The molecule has 22 heavy (non-hydrogen) atoms. The van der Waals surface area contributed by atoms with E-state index < -0.39 is 9.84 Å². The summed E-state index contributed by atoms with van der Waals surface area (Å²) in [7, 11) is -3.33. The van der Waals surface area contributed by atoms with Gasteiger partial charge in [0.2, 0.25) is 0 Å². The first-order valence-corrected chi connectivity index (χ1v) is 10.4. The topological polar surface area (TPSA) is 72.5 Å². The van der Waals surface area contributed by atoms with Crippen LogP contribution in [0.1, 0.15) is 39.0 Å². The maximum atomic E-state index is 12.0. The molecule has 0 aromatic carbocycles. The van der Waals surface area contributed by atoms with E-state index >= 15 is 0 Å². The fourth-order valence-corrected chi connectivity index (χ4v) is 4.97. The molecule has 7 heteroatoms. The molecule has 1 aliphatic rings. The number of nitrogens with one attached hydrogen (secondary N) is 1. The van der Waals surface area contributed by atoms with E-state index in [1.54, 1.807) is 5.38 Å². The van der Waals surface area contributed by atoms with Crippen molar-refractivity contribution in [3.63, 3.8) is 0 Å².